The lowest BCUT2D eigenvalue weighted by Gasteiger charge is -2.46. The molecule has 2 aliphatic carbocycles. The summed E-state index contributed by atoms with van der Waals surface area (Å²) >= 11 is 1.45. The minimum absolute atomic E-state index is 0.252. The quantitative estimate of drug-likeness (QED) is 0.648. The Kier molecular flexibility index (Phi) is 6.51. The second-order valence-corrected chi connectivity index (χ2v) is 10.3. The average molecular weight is 480 g/mol. The summed E-state index contributed by atoms with van der Waals surface area (Å²) in [5, 5.41) is 10.5. The van der Waals surface area contributed by atoms with Crippen molar-refractivity contribution >= 4 is 23.3 Å². The minimum atomic E-state index is -0.581. The van der Waals surface area contributed by atoms with Crippen LogP contribution >= 0.6 is 11.8 Å². The van der Waals surface area contributed by atoms with Crippen molar-refractivity contribution in [3.8, 4) is 5.75 Å². The van der Waals surface area contributed by atoms with Gasteiger partial charge in [0.15, 0.2) is 0 Å². The number of ketones is 2. The number of ether oxygens (including phenoxy) is 2. The zero-order valence-electron chi connectivity index (χ0n) is 19.3. The summed E-state index contributed by atoms with van der Waals surface area (Å²) in [6.07, 6.45) is 9.23. The molecule has 178 valence electrons. The highest BCUT2D eigenvalue weighted by Crippen LogP contribution is 2.47. The first kappa shape index (κ1) is 23.1. The third-order valence-electron chi connectivity index (χ3n) is 6.81. The van der Waals surface area contributed by atoms with E-state index in [9.17, 15) is 14.7 Å². The second-order valence-electron chi connectivity index (χ2n) is 9.28. The van der Waals surface area contributed by atoms with Crippen LogP contribution in [0.4, 0.5) is 0 Å². The number of para-hydroxylation sites is 1. The number of hydrogen-bond acceptors (Lipinski definition) is 7. The highest BCUT2D eigenvalue weighted by Gasteiger charge is 2.47. The van der Waals surface area contributed by atoms with E-state index in [1.165, 1.54) is 11.8 Å². The molecule has 2 aliphatic heterocycles. The van der Waals surface area contributed by atoms with Crippen LogP contribution in [-0.4, -0.2) is 65.3 Å². The molecular formula is C27H29NO5S. The zero-order chi connectivity index (χ0) is 23.7. The number of nitrogens with zero attached hydrogens (tertiary/aromatic N) is 1. The molecule has 1 unspecified atom stereocenters. The van der Waals surface area contributed by atoms with Crippen LogP contribution in [-0.2, 0) is 14.3 Å². The summed E-state index contributed by atoms with van der Waals surface area (Å²) in [7, 11) is 0. The average Bonchev–Trinajstić information content (AvgIpc) is 3.10. The van der Waals surface area contributed by atoms with E-state index in [1.54, 1.807) is 0 Å². The maximum absolute atomic E-state index is 12.7. The molecule has 1 N–H and O–H groups in total. The molecular weight excluding hydrogens is 450 g/mol. The lowest BCUT2D eigenvalue weighted by molar-refractivity contribution is -0.132. The molecule has 0 bridgehead atoms. The highest BCUT2D eigenvalue weighted by molar-refractivity contribution is 8.04. The fourth-order valence-electron chi connectivity index (χ4n) is 4.82. The van der Waals surface area contributed by atoms with Gasteiger partial charge in [-0.25, -0.2) is 0 Å². The van der Waals surface area contributed by atoms with E-state index in [2.05, 4.69) is 4.90 Å². The molecule has 34 heavy (non-hydrogen) atoms. The number of aliphatic hydroxyl groups excluding tert-OH is 1. The van der Waals surface area contributed by atoms with Crippen LogP contribution in [0.25, 0.3) is 0 Å². The number of aryl methyl sites for hydroxylation is 1. The molecule has 7 heteroatoms. The highest BCUT2D eigenvalue weighted by atomic mass is 32.2. The molecule has 1 fully saturated rings. The Morgan fingerprint density at radius 2 is 1.97 bits per heavy atom. The Labute approximate surface area is 204 Å². The standard InChI is InChI=1S/C27H29NO5S/c1-18-7-5-6-10-22(18)32-16-19(29)15-28-13-11-27(12-14-28)17-34-26-24(31)23(30)20-8-3-2-4-9-21(20)25(26)33-27/h2,4-10,19,29H,3,11-17H2,1H3. The van der Waals surface area contributed by atoms with E-state index >= 15 is 0 Å². The number of β-amino-alcohol motifs (C(OH)–C–C–N with tert-alkyl or cyclic N) is 1. The van der Waals surface area contributed by atoms with Gasteiger partial charge in [-0.05, 0) is 25.0 Å². The van der Waals surface area contributed by atoms with Crippen LogP contribution in [0, 0.1) is 6.92 Å². The molecule has 2 heterocycles. The Morgan fingerprint density at radius 3 is 2.76 bits per heavy atom. The first-order valence-corrected chi connectivity index (χ1v) is 12.8. The van der Waals surface area contributed by atoms with Crippen LogP contribution in [0.5, 0.6) is 5.75 Å². The number of Topliss-reactive ketones (excluding diaryl/α,β-unsaturated/α-hetero) is 2. The van der Waals surface area contributed by atoms with E-state index in [1.807, 2.05) is 55.5 Å². The van der Waals surface area contributed by atoms with E-state index in [0.717, 1.165) is 42.8 Å². The van der Waals surface area contributed by atoms with Crippen LogP contribution in [0.2, 0.25) is 0 Å². The number of allylic oxidation sites excluding steroid dienone is 6. The van der Waals surface area contributed by atoms with Gasteiger partial charge >= 0.3 is 0 Å². The number of hydrogen-bond donors (Lipinski definition) is 1. The maximum atomic E-state index is 12.7. The molecule has 0 aromatic heterocycles. The van der Waals surface area contributed by atoms with Gasteiger partial charge in [0, 0.05) is 49.4 Å². The van der Waals surface area contributed by atoms with Gasteiger partial charge in [-0.1, -0.05) is 42.5 Å². The normalized spacial score (nSPS) is 22.9. The second kappa shape index (κ2) is 9.56. The van der Waals surface area contributed by atoms with Crippen molar-refractivity contribution in [2.24, 2.45) is 0 Å². The number of thioether (sulfide) groups is 1. The molecule has 0 saturated carbocycles. The van der Waals surface area contributed by atoms with E-state index in [4.69, 9.17) is 9.47 Å². The van der Waals surface area contributed by atoms with Crippen molar-refractivity contribution in [1.82, 2.24) is 4.90 Å². The SMILES string of the molecule is Cc1ccccc1OCC(O)CN1CCC2(CC1)CSC1=C(O2)C2=CC=CCC=C2C(=O)C1=O. The summed E-state index contributed by atoms with van der Waals surface area (Å²) in [4.78, 5) is 28.0. The zero-order valence-corrected chi connectivity index (χ0v) is 20.1. The van der Waals surface area contributed by atoms with E-state index in [-0.39, 0.29) is 12.2 Å². The molecule has 5 rings (SSSR count). The maximum Gasteiger partial charge on any atom is 0.243 e. The number of carbonyl (C=O) groups is 2. The smallest absolute Gasteiger partial charge is 0.243 e. The first-order valence-electron chi connectivity index (χ1n) is 11.8. The van der Waals surface area contributed by atoms with Gasteiger partial charge in [0.05, 0.1) is 0 Å². The van der Waals surface area contributed by atoms with Gasteiger partial charge in [-0.3, -0.25) is 9.59 Å². The van der Waals surface area contributed by atoms with Crippen molar-refractivity contribution in [2.45, 2.75) is 37.9 Å². The molecule has 0 radical (unpaired) electrons. The predicted octanol–water partition coefficient (Wildman–Crippen LogP) is 3.51. The lowest BCUT2D eigenvalue weighted by Crippen LogP contribution is -2.51. The molecule has 1 atom stereocenters. The molecule has 1 spiro atoms. The Morgan fingerprint density at radius 1 is 1.18 bits per heavy atom. The number of fused-ring (bicyclic) bond motifs is 2. The van der Waals surface area contributed by atoms with Crippen molar-refractivity contribution in [3.05, 3.63) is 75.9 Å². The van der Waals surface area contributed by atoms with Crippen LogP contribution < -0.4 is 4.74 Å². The largest absolute Gasteiger partial charge is 0.491 e. The van der Waals surface area contributed by atoms with Gasteiger partial charge in [0.1, 0.15) is 34.7 Å². The molecule has 1 aromatic rings. The van der Waals surface area contributed by atoms with Gasteiger partial charge < -0.3 is 19.5 Å². The fraction of sp³-hybridized carbons (Fsp3) is 0.407. The molecule has 4 aliphatic rings. The topological polar surface area (TPSA) is 76.1 Å². The number of aliphatic hydroxyl groups is 1. The van der Waals surface area contributed by atoms with E-state index in [0.29, 0.717) is 35.0 Å². The Hall–Kier alpha value is -2.61. The van der Waals surface area contributed by atoms with Gasteiger partial charge in [0.25, 0.3) is 0 Å². The van der Waals surface area contributed by atoms with Crippen LogP contribution in [0.3, 0.4) is 0 Å². The fourth-order valence-corrected chi connectivity index (χ4v) is 6.08. The van der Waals surface area contributed by atoms with Crippen molar-refractivity contribution in [3.63, 3.8) is 0 Å². The molecule has 0 amide bonds. The van der Waals surface area contributed by atoms with Crippen molar-refractivity contribution in [2.75, 3.05) is 32.0 Å². The monoisotopic (exact) mass is 479 g/mol. The number of piperidine rings is 1. The summed E-state index contributed by atoms with van der Waals surface area (Å²) < 4.78 is 12.4. The van der Waals surface area contributed by atoms with Crippen LogP contribution in [0.15, 0.2) is 70.4 Å². The number of likely N-dealkylation sites (tertiary alicyclic amines) is 1. The summed E-state index contributed by atoms with van der Waals surface area (Å²) in [5.74, 6) is 1.14. The molecule has 1 saturated heterocycles. The summed E-state index contributed by atoms with van der Waals surface area (Å²) in [5.41, 5.74) is 1.87. The lowest BCUT2D eigenvalue weighted by atomic mass is 9.88. The van der Waals surface area contributed by atoms with E-state index < -0.39 is 17.7 Å². The third-order valence-corrected chi connectivity index (χ3v) is 8.14. The Balaban J connectivity index is 1.21. The van der Waals surface area contributed by atoms with Crippen molar-refractivity contribution < 1.29 is 24.2 Å². The first-order chi connectivity index (χ1) is 16.5. The van der Waals surface area contributed by atoms with Gasteiger partial charge in [-0.15, -0.1) is 11.8 Å². The minimum Gasteiger partial charge on any atom is -0.491 e. The molecule has 1 aromatic carbocycles. The third kappa shape index (κ3) is 4.52. The number of benzene rings is 1. The van der Waals surface area contributed by atoms with Gasteiger partial charge in [-0.2, -0.15) is 0 Å². The summed E-state index contributed by atoms with van der Waals surface area (Å²) in [6, 6.07) is 7.80. The van der Waals surface area contributed by atoms with Gasteiger partial charge in [0.2, 0.25) is 11.6 Å². The number of carbonyl (C=O) groups excluding carboxylic acids is 2. The number of rotatable bonds is 5. The summed E-state index contributed by atoms with van der Waals surface area (Å²) in [6.45, 7) is 4.36. The Bertz CT molecular complexity index is 1120. The molecule has 6 nitrogen and oxygen atoms in total. The van der Waals surface area contributed by atoms with Crippen LogP contribution in [0.1, 0.15) is 24.8 Å². The van der Waals surface area contributed by atoms with Crippen molar-refractivity contribution in [1.29, 1.82) is 0 Å². The predicted molar refractivity (Wildman–Crippen MR) is 132 cm³/mol.